The van der Waals surface area contributed by atoms with Crippen molar-refractivity contribution in [3.63, 3.8) is 0 Å². The number of nitrogens with one attached hydrogen (secondary N) is 1. The van der Waals surface area contributed by atoms with E-state index in [4.69, 9.17) is 32.7 Å². The lowest BCUT2D eigenvalue weighted by Gasteiger charge is -2.14. The molecule has 2 rings (SSSR count). The highest BCUT2D eigenvalue weighted by Gasteiger charge is 2.18. The molecule has 1 amide bonds. The van der Waals surface area contributed by atoms with E-state index in [1.165, 1.54) is 19.1 Å². The highest BCUT2D eigenvalue weighted by Crippen LogP contribution is 2.19. The Morgan fingerprint density at radius 2 is 1.76 bits per heavy atom. The summed E-state index contributed by atoms with van der Waals surface area (Å²) in [5.74, 6) is -1.68. The van der Waals surface area contributed by atoms with Crippen LogP contribution in [0.25, 0.3) is 0 Å². The number of benzene rings is 2. The summed E-state index contributed by atoms with van der Waals surface area (Å²) in [4.78, 5) is 23.6. The number of carbonyl (C=O) groups is 2. The van der Waals surface area contributed by atoms with E-state index in [1.807, 2.05) is 0 Å². The molecule has 0 saturated heterocycles. The molecular weight excluding hydrogens is 372 g/mol. The van der Waals surface area contributed by atoms with Gasteiger partial charge in [0.05, 0.1) is 5.69 Å². The SMILES string of the molecule is C[C@@H](Oc1ccc(Cl)cc1)C(=O)OCC(=O)Nc1ccc(Cl)cc1F. The van der Waals surface area contributed by atoms with Crippen LogP contribution in [0.15, 0.2) is 42.5 Å². The van der Waals surface area contributed by atoms with E-state index >= 15 is 0 Å². The fraction of sp³-hybridized carbons (Fsp3) is 0.176. The van der Waals surface area contributed by atoms with Crippen molar-refractivity contribution in [2.45, 2.75) is 13.0 Å². The molecule has 2 aromatic rings. The molecule has 25 heavy (non-hydrogen) atoms. The van der Waals surface area contributed by atoms with E-state index in [1.54, 1.807) is 24.3 Å². The number of carbonyl (C=O) groups excluding carboxylic acids is 2. The highest BCUT2D eigenvalue weighted by atomic mass is 35.5. The van der Waals surface area contributed by atoms with E-state index < -0.39 is 30.4 Å². The van der Waals surface area contributed by atoms with Gasteiger partial charge in [-0.3, -0.25) is 4.79 Å². The molecule has 8 heteroatoms. The van der Waals surface area contributed by atoms with Crippen LogP contribution in [-0.2, 0) is 14.3 Å². The Labute approximate surface area is 153 Å². The first-order chi connectivity index (χ1) is 11.8. The molecule has 0 aliphatic carbocycles. The van der Waals surface area contributed by atoms with E-state index in [0.29, 0.717) is 10.8 Å². The summed E-state index contributed by atoms with van der Waals surface area (Å²) in [5, 5.41) is 3.02. The van der Waals surface area contributed by atoms with E-state index in [9.17, 15) is 14.0 Å². The maximum absolute atomic E-state index is 13.6. The molecule has 0 aliphatic rings. The molecule has 1 N–H and O–H groups in total. The van der Waals surface area contributed by atoms with Crippen molar-refractivity contribution < 1.29 is 23.5 Å². The monoisotopic (exact) mass is 385 g/mol. The molecule has 2 aromatic carbocycles. The molecule has 5 nitrogen and oxygen atoms in total. The summed E-state index contributed by atoms with van der Waals surface area (Å²) in [5.41, 5.74) is -0.0593. The van der Waals surface area contributed by atoms with Crippen molar-refractivity contribution in [3.8, 4) is 5.75 Å². The normalized spacial score (nSPS) is 11.5. The van der Waals surface area contributed by atoms with Gasteiger partial charge in [-0.25, -0.2) is 9.18 Å². The molecule has 0 aliphatic heterocycles. The van der Waals surface area contributed by atoms with Crippen molar-refractivity contribution >= 4 is 40.8 Å². The summed E-state index contributed by atoms with van der Waals surface area (Å²) in [6, 6.07) is 10.2. The Hall–Kier alpha value is -2.31. The first-order valence-corrected chi connectivity index (χ1v) is 7.94. The number of halogens is 3. The van der Waals surface area contributed by atoms with Crippen molar-refractivity contribution in [3.05, 3.63) is 58.3 Å². The number of rotatable bonds is 6. The van der Waals surface area contributed by atoms with Crippen LogP contribution in [0.5, 0.6) is 5.75 Å². The zero-order valence-corrected chi connectivity index (χ0v) is 14.6. The van der Waals surface area contributed by atoms with Gasteiger partial charge in [0.1, 0.15) is 11.6 Å². The largest absolute Gasteiger partial charge is 0.479 e. The second-order valence-corrected chi connectivity index (χ2v) is 5.87. The first kappa shape index (κ1) is 19.0. The Morgan fingerprint density at radius 1 is 1.12 bits per heavy atom. The van der Waals surface area contributed by atoms with Crippen LogP contribution in [0, 0.1) is 5.82 Å². The van der Waals surface area contributed by atoms with Crippen LogP contribution < -0.4 is 10.1 Å². The lowest BCUT2D eigenvalue weighted by molar-refractivity contribution is -0.153. The van der Waals surface area contributed by atoms with Crippen molar-refractivity contribution in [2.24, 2.45) is 0 Å². The zero-order valence-electron chi connectivity index (χ0n) is 13.1. The zero-order chi connectivity index (χ0) is 18.4. The van der Waals surface area contributed by atoms with Crippen LogP contribution in [0.3, 0.4) is 0 Å². The summed E-state index contributed by atoms with van der Waals surface area (Å²) in [7, 11) is 0. The summed E-state index contributed by atoms with van der Waals surface area (Å²) >= 11 is 11.4. The number of ether oxygens (including phenoxy) is 2. The van der Waals surface area contributed by atoms with Gasteiger partial charge in [0.25, 0.3) is 5.91 Å². The highest BCUT2D eigenvalue weighted by molar-refractivity contribution is 6.30. The van der Waals surface area contributed by atoms with Gasteiger partial charge >= 0.3 is 5.97 Å². The fourth-order valence-electron chi connectivity index (χ4n) is 1.80. The maximum Gasteiger partial charge on any atom is 0.347 e. The summed E-state index contributed by atoms with van der Waals surface area (Å²) in [6.07, 6.45) is -0.929. The molecule has 0 unspecified atom stereocenters. The fourth-order valence-corrected chi connectivity index (χ4v) is 2.08. The lowest BCUT2D eigenvalue weighted by Crippen LogP contribution is -2.29. The molecule has 132 valence electrons. The van der Waals surface area contributed by atoms with Crippen molar-refractivity contribution in [1.29, 1.82) is 0 Å². The van der Waals surface area contributed by atoms with Gasteiger partial charge in [-0.05, 0) is 49.4 Å². The first-order valence-electron chi connectivity index (χ1n) is 7.19. The van der Waals surface area contributed by atoms with Crippen molar-refractivity contribution in [2.75, 3.05) is 11.9 Å². The minimum absolute atomic E-state index is 0.0593. The molecule has 0 spiro atoms. The second kappa shape index (κ2) is 8.69. The Balaban J connectivity index is 1.82. The molecule has 0 bridgehead atoms. The van der Waals surface area contributed by atoms with Gasteiger partial charge in [0.2, 0.25) is 0 Å². The predicted octanol–water partition coefficient (Wildman–Crippen LogP) is 4.08. The van der Waals surface area contributed by atoms with Gasteiger partial charge in [-0.15, -0.1) is 0 Å². The molecule has 1 atom stereocenters. The van der Waals surface area contributed by atoms with E-state index in [-0.39, 0.29) is 10.7 Å². The molecular formula is C17H14Cl2FNO4. The maximum atomic E-state index is 13.6. The van der Waals surface area contributed by atoms with Crippen LogP contribution in [-0.4, -0.2) is 24.6 Å². The number of anilines is 1. The van der Waals surface area contributed by atoms with Crippen LogP contribution in [0.1, 0.15) is 6.92 Å². The van der Waals surface area contributed by atoms with E-state index in [2.05, 4.69) is 5.32 Å². The third-order valence-electron chi connectivity index (χ3n) is 3.01. The lowest BCUT2D eigenvalue weighted by atomic mass is 10.3. The van der Waals surface area contributed by atoms with Gasteiger partial charge in [0, 0.05) is 10.0 Å². The Kier molecular flexibility index (Phi) is 6.61. The molecule has 0 aromatic heterocycles. The van der Waals surface area contributed by atoms with Gasteiger partial charge in [-0.1, -0.05) is 23.2 Å². The summed E-state index contributed by atoms with van der Waals surface area (Å²) in [6.45, 7) is 0.906. The average molecular weight is 386 g/mol. The standard InChI is InChI=1S/C17H14Cl2FNO4/c1-10(25-13-5-2-11(18)3-6-13)17(23)24-9-16(22)21-15-7-4-12(19)8-14(15)20/h2-8,10H,9H2,1H3,(H,21,22)/t10-/m1/s1. The molecule has 0 radical (unpaired) electrons. The minimum atomic E-state index is -0.929. The average Bonchev–Trinajstić information content (AvgIpc) is 2.57. The number of esters is 1. The number of hydrogen-bond acceptors (Lipinski definition) is 4. The number of hydrogen-bond donors (Lipinski definition) is 1. The van der Waals surface area contributed by atoms with Gasteiger partial charge in [-0.2, -0.15) is 0 Å². The van der Waals surface area contributed by atoms with E-state index in [0.717, 1.165) is 6.07 Å². The quantitative estimate of drug-likeness (QED) is 0.760. The molecule has 0 heterocycles. The molecule has 0 fully saturated rings. The van der Waals surface area contributed by atoms with Crippen LogP contribution in [0.4, 0.5) is 10.1 Å². The Morgan fingerprint density at radius 3 is 2.40 bits per heavy atom. The minimum Gasteiger partial charge on any atom is -0.479 e. The number of amides is 1. The summed E-state index contributed by atoms with van der Waals surface area (Å²) < 4.78 is 23.8. The third-order valence-corrected chi connectivity index (χ3v) is 3.50. The second-order valence-electron chi connectivity index (χ2n) is 4.99. The van der Waals surface area contributed by atoms with Crippen LogP contribution >= 0.6 is 23.2 Å². The van der Waals surface area contributed by atoms with Gasteiger partial charge < -0.3 is 14.8 Å². The van der Waals surface area contributed by atoms with Crippen molar-refractivity contribution in [1.82, 2.24) is 0 Å². The van der Waals surface area contributed by atoms with Crippen LogP contribution in [0.2, 0.25) is 10.0 Å². The third kappa shape index (κ3) is 5.92. The predicted molar refractivity (Wildman–Crippen MR) is 92.5 cm³/mol. The molecule has 0 saturated carbocycles. The Bertz CT molecular complexity index is 768. The smallest absolute Gasteiger partial charge is 0.347 e. The van der Waals surface area contributed by atoms with Gasteiger partial charge in [0.15, 0.2) is 12.7 Å². The topological polar surface area (TPSA) is 64.6 Å².